The van der Waals surface area contributed by atoms with Gasteiger partial charge in [-0.3, -0.25) is 4.79 Å². The third kappa shape index (κ3) is 3.77. The van der Waals surface area contributed by atoms with Crippen LogP contribution in [0.1, 0.15) is 17.5 Å². The highest BCUT2D eigenvalue weighted by molar-refractivity contribution is 5.76. The number of hydrogen-bond acceptors (Lipinski definition) is 3. The van der Waals surface area contributed by atoms with Gasteiger partial charge in [-0.1, -0.05) is 36.4 Å². The highest BCUT2D eigenvalue weighted by Gasteiger charge is 2.20. The van der Waals surface area contributed by atoms with Crippen molar-refractivity contribution in [1.82, 2.24) is 15.1 Å². The molecule has 1 aliphatic heterocycles. The van der Waals surface area contributed by atoms with E-state index in [0.717, 1.165) is 29.0 Å². The van der Waals surface area contributed by atoms with Crippen molar-refractivity contribution in [3.8, 4) is 11.4 Å². The molecule has 3 aromatic rings. The summed E-state index contributed by atoms with van der Waals surface area (Å²) in [5.41, 5.74) is 3.21. The van der Waals surface area contributed by atoms with Crippen molar-refractivity contribution in [3.05, 3.63) is 78.1 Å². The molecule has 1 N–H and O–H groups in total. The summed E-state index contributed by atoms with van der Waals surface area (Å²) < 4.78 is 7.56. The van der Waals surface area contributed by atoms with E-state index in [9.17, 15) is 4.79 Å². The van der Waals surface area contributed by atoms with E-state index in [1.807, 2.05) is 71.7 Å². The average molecular weight is 347 g/mol. The fraction of sp³-hybridized carbons (Fsp3) is 0.238. The van der Waals surface area contributed by atoms with Gasteiger partial charge in [0.25, 0.3) is 0 Å². The molecule has 0 radical (unpaired) electrons. The van der Waals surface area contributed by atoms with Crippen molar-refractivity contribution in [1.29, 1.82) is 0 Å². The number of ether oxygens (including phenoxy) is 1. The Bertz CT molecular complexity index is 889. The molecule has 0 aliphatic carbocycles. The second-order valence-corrected chi connectivity index (χ2v) is 6.52. The van der Waals surface area contributed by atoms with Gasteiger partial charge in [-0.25, -0.2) is 4.68 Å². The largest absolute Gasteiger partial charge is 0.491 e. The third-order valence-corrected chi connectivity index (χ3v) is 4.54. The summed E-state index contributed by atoms with van der Waals surface area (Å²) in [5.74, 6) is 0.969. The van der Waals surface area contributed by atoms with Crippen molar-refractivity contribution < 1.29 is 9.53 Å². The predicted molar refractivity (Wildman–Crippen MR) is 99.5 cm³/mol. The quantitative estimate of drug-likeness (QED) is 0.772. The van der Waals surface area contributed by atoms with Gasteiger partial charge in [-0.15, -0.1) is 0 Å². The Morgan fingerprint density at radius 3 is 2.85 bits per heavy atom. The first-order chi connectivity index (χ1) is 12.8. The van der Waals surface area contributed by atoms with E-state index in [0.29, 0.717) is 19.4 Å². The Morgan fingerprint density at radius 2 is 1.96 bits per heavy atom. The molecule has 1 aliphatic rings. The number of nitrogens with zero attached hydrogens (tertiary/aromatic N) is 2. The third-order valence-electron chi connectivity index (χ3n) is 4.54. The normalized spacial score (nSPS) is 15.8. The second kappa shape index (κ2) is 7.44. The lowest BCUT2D eigenvalue weighted by atomic mass is 10.0. The van der Waals surface area contributed by atoms with Gasteiger partial charge < -0.3 is 10.1 Å². The smallest absolute Gasteiger partial charge is 0.220 e. The fourth-order valence-corrected chi connectivity index (χ4v) is 3.19. The molecule has 132 valence electrons. The molecule has 0 fully saturated rings. The zero-order valence-corrected chi connectivity index (χ0v) is 14.5. The van der Waals surface area contributed by atoms with E-state index in [4.69, 9.17) is 4.74 Å². The molecule has 1 atom stereocenters. The van der Waals surface area contributed by atoms with Crippen LogP contribution in [0.25, 0.3) is 5.69 Å². The molecule has 0 saturated heterocycles. The summed E-state index contributed by atoms with van der Waals surface area (Å²) >= 11 is 0. The molecule has 2 heterocycles. The summed E-state index contributed by atoms with van der Waals surface area (Å²) in [5, 5.41) is 7.45. The Kier molecular flexibility index (Phi) is 4.69. The number of nitrogens with one attached hydrogen (secondary N) is 1. The zero-order chi connectivity index (χ0) is 17.8. The topological polar surface area (TPSA) is 56.2 Å². The predicted octanol–water partition coefficient (Wildman–Crippen LogP) is 2.92. The Hall–Kier alpha value is -3.08. The first-order valence-electron chi connectivity index (χ1n) is 8.87. The van der Waals surface area contributed by atoms with E-state index in [2.05, 4.69) is 10.4 Å². The monoisotopic (exact) mass is 347 g/mol. The van der Waals surface area contributed by atoms with Gasteiger partial charge in [-0.2, -0.15) is 5.10 Å². The standard InChI is InChI=1S/C21H21N3O2/c25-21(23-18-12-17-6-4-5-9-20(17)26-15-18)11-10-16-13-22-24(14-16)19-7-2-1-3-8-19/h1-9,13-14,18H,10-12,15H2,(H,23,25)/t18-/m0/s1. The van der Waals surface area contributed by atoms with Gasteiger partial charge in [0.15, 0.2) is 0 Å². The number of carbonyl (C=O) groups excluding carboxylic acids is 1. The van der Waals surface area contributed by atoms with Crippen molar-refractivity contribution in [2.75, 3.05) is 6.61 Å². The lowest BCUT2D eigenvalue weighted by molar-refractivity contribution is -0.122. The summed E-state index contributed by atoms with van der Waals surface area (Å²) in [7, 11) is 0. The molecule has 1 amide bonds. The van der Waals surface area contributed by atoms with Crippen LogP contribution in [0.15, 0.2) is 67.0 Å². The molecule has 1 aromatic heterocycles. The Labute approximate surface area is 152 Å². The average Bonchev–Trinajstić information content (AvgIpc) is 3.16. The number of rotatable bonds is 5. The zero-order valence-electron chi connectivity index (χ0n) is 14.5. The van der Waals surface area contributed by atoms with Crippen LogP contribution in [-0.2, 0) is 17.6 Å². The molecular weight excluding hydrogens is 326 g/mol. The minimum absolute atomic E-state index is 0.0319. The van der Waals surface area contributed by atoms with E-state index < -0.39 is 0 Å². The van der Waals surface area contributed by atoms with Crippen LogP contribution in [0.2, 0.25) is 0 Å². The van der Waals surface area contributed by atoms with Crippen LogP contribution < -0.4 is 10.1 Å². The lowest BCUT2D eigenvalue weighted by Gasteiger charge is -2.26. The molecule has 0 spiro atoms. The van der Waals surface area contributed by atoms with Crippen molar-refractivity contribution in [3.63, 3.8) is 0 Å². The first-order valence-corrected chi connectivity index (χ1v) is 8.87. The number of para-hydroxylation sites is 2. The van der Waals surface area contributed by atoms with Crippen molar-refractivity contribution >= 4 is 5.91 Å². The van der Waals surface area contributed by atoms with Gasteiger partial charge in [0.1, 0.15) is 12.4 Å². The molecule has 0 saturated carbocycles. The van der Waals surface area contributed by atoms with Crippen molar-refractivity contribution in [2.24, 2.45) is 0 Å². The number of benzene rings is 2. The van der Waals surface area contributed by atoms with Crippen LogP contribution in [0.5, 0.6) is 5.75 Å². The summed E-state index contributed by atoms with van der Waals surface area (Å²) in [6.07, 6.45) is 5.72. The van der Waals surface area contributed by atoms with Crippen LogP contribution in [-0.4, -0.2) is 28.3 Å². The number of amides is 1. The number of aromatic nitrogens is 2. The summed E-state index contributed by atoms with van der Waals surface area (Å²) in [6, 6.07) is 18.0. The molecule has 2 aromatic carbocycles. The van der Waals surface area contributed by atoms with E-state index in [1.54, 1.807) is 0 Å². The highest BCUT2D eigenvalue weighted by atomic mass is 16.5. The first kappa shape index (κ1) is 16.4. The fourth-order valence-electron chi connectivity index (χ4n) is 3.19. The van der Waals surface area contributed by atoms with Gasteiger partial charge in [0.2, 0.25) is 5.91 Å². The number of aryl methyl sites for hydroxylation is 1. The van der Waals surface area contributed by atoms with Crippen molar-refractivity contribution in [2.45, 2.75) is 25.3 Å². The highest BCUT2D eigenvalue weighted by Crippen LogP contribution is 2.23. The minimum atomic E-state index is 0.0319. The van der Waals surface area contributed by atoms with Gasteiger partial charge in [0, 0.05) is 12.6 Å². The maximum Gasteiger partial charge on any atom is 0.220 e. The number of fused-ring (bicyclic) bond motifs is 1. The Morgan fingerprint density at radius 1 is 1.15 bits per heavy atom. The molecule has 0 unspecified atom stereocenters. The van der Waals surface area contributed by atoms with Gasteiger partial charge in [0.05, 0.1) is 17.9 Å². The number of carbonyl (C=O) groups is 1. The van der Waals surface area contributed by atoms with Crippen LogP contribution >= 0.6 is 0 Å². The minimum Gasteiger partial charge on any atom is -0.491 e. The van der Waals surface area contributed by atoms with Crippen LogP contribution in [0, 0.1) is 0 Å². The van der Waals surface area contributed by atoms with E-state index >= 15 is 0 Å². The molecule has 4 rings (SSSR count). The molecular formula is C21H21N3O2. The lowest BCUT2D eigenvalue weighted by Crippen LogP contribution is -2.42. The maximum absolute atomic E-state index is 12.3. The number of hydrogen-bond donors (Lipinski definition) is 1. The molecule has 26 heavy (non-hydrogen) atoms. The van der Waals surface area contributed by atoms with Gasteiger partial charge >= 0.3 is 0 Å². The van der Waals surface area contributed by atoms with Gasteiger partial charge in [-0.05, 0) is 42.2 Å². The molecule has 0 bridgehead atoms. The second-order valence-electron chi connectivity index (χ2n) is 6.52. The maximum atomic E-state index is 12.3. The van der Waals surface area contributed by atoms with E-state index in [1.165, 1.54) is 0 Å². The Balaban J connectivity index is 1.29. The SMILES string of the molecule is O=C(CCc1cnn(-c2ccccc2)c1)N[C@@H]1COc2ccccc2C1. The van der Waals surface area contributed by atoms with Crippen LogP contribution in [0.4, 0.5) is 0 Å². The summed E-state index contributed by atoms with van der Waals surface area (Å²) in [4.78, 5) is 12.3. The summed E-state index contributed by atoms with van der Waals surface area (Å²) in [6.45, 7) is 0.523. The van der Waals surface area contributed by atoms with E-state index in [-0.39, 0.29) is 11.9 Å². The molecule has 5 nitrogen and oxygen atoms in total. The van der Waals surface area contributed by atoms with Crippen LogP contribution in [0.3, 0.4) is 0 Å². The molecule has 5 heteroatoms.